The van der Waals surface area contributed by atoms with Crippen LogP contribution in [-0.2, 0) is 27.2 Å². The largest absolute Gasteiger partial charge is 0.511 e. The van der Waals surface area contributed by atoms with Gasteiger partial charge in [0.2, 0.25) is 12.1 Å². The molecule has 4 rings (SSSR count). The molecule has 0 radical (unpaired) electrons. The fraction of sp³-hybridized carbons (Fsp3) is 0.379. The van der Waals surface area contributed by atoms with E-state index in [1.165, 1.54) is 6.92 Å². The third-order valence-electron chi connectivity index (χ3n) is 6.03. The Kier molecular flexibility index (Phi) is 9.38. The Labute approximate surface area is 243 Å². The molecule has 12 heteroatoms. The number of carbonyl (C=O) groups excluding carboxylic acids is 2. The lowest BCUT2D eigenvalue weighted by molar-refractivity contribution is -0.0978. The van der Waals surface area contributed by atoms with Crippen molar-refractivity contribution in [3.8, 4) is 22.5 Å². The summed E-state index contributed by atoms with van der Waals surface area (Å²) in [5, 5.41) is 14.5. The van der Waals surface area contributed by atoms with E-state index >= 15 is 0 Å². The number of aromatic amines is 1. The van der Waals surface area contributed by atoms with E-state index in [9.17, 15) is 9.59 Å². The molecular formula is C29H33ClN6O5. The summed E-state index contributed by atoms with van der Waals surface area (Å²) >= 11 is 6.52. The molecule has 2 aromatic heterocycles. The third kappa shape index (κ3) is 7.49. The Morgan fingerprint density at radius 3 is 2.37 bits per heavy atom. The molecule has 0 aliphatic carbocycles. The number of aryl methyl sites for hydroxylation is 1. The number of tetrazole rings is 1. The van der Waals surface area contributed by atoms with Gasteiger partial charge < -0.3 is 18.8 Å². The molecular weight excluding hydrogens is 548 g/mol. The summed E-state index contributed by atoms with van der Waals surface area (Å²) in [7, 11) is 0. The smallest absolute Gasteiger partial charge is 0.428 e. The number of halogens is 1. The lowest BCUT2D eigenvalue weighted by Crippen LogP contribution is -2.29. The Bertz CT molecular complexity index is 1500. The highest BCUT2D eigenvalue weighted by Crippen LogP contribution is 2.33. The number of unbranched alkanes of at least 4 members (excludes halogenated alkanes) is 1. The Morgan fingerprint density at radius 1 is 1.02 bits per heavy atom. The maximum atomic E-state index is 13.4. The van der Waals surface area contributed by atoms with Crippen molar-refractivity contribution in [3.63, 3.8) is 0 Å². The molecule has 0 spiro atoms. The average Bonchev–Trinajstić information content (AvgIpc) is 3.54. The SMILES string of the molecule is CCCCc1nc(Cl)c(C(=O)OC(C)OC(=O)OC(C)(C)C)n1Cc1ccccc1-c1ccccc1-c1nn[nH]n1. The van der Waals surface area contributed by atoms with E-state index in [1.54, 1.807) is 25.3 Å². The summed E-state index contributed by atoms with van der Waals surface area (Å²) in [6.45, 7) is 8.91. The molecule has 0 aliphatic rings. The second kappa shape index (κ2) is 12.9. The van der Waals surface area contributed by atoms with Crippen LogP contribution in [0.2, 0.25) is 5.15 Å². The van der Waals surface area contributed by atoms with Crippen LogP contribution >= 0.6 is 11.6 Å². The summed E-state index contributed by atoms with van der Waals surface area (Å²) in [4.78, 5) is 30.0. The summed E-state index contributed by atoms with van der Waals surface area (Å²) < 4.78 is 17.5. The zero-order valence-corrected chi connectivity index (χ0v) is 24.4. The van der Waals surface area contributed by atoms with Gasteiger partial charge in [-0.05, 0) is 49.1 Å². The van der Waals surface area contributed by atoms with E-state index in [0.29, 0.717) is 18.1 Å². The van der Waals surface area contributed by atoms with Gasteiger partial charge in [0.15, 0.2) is 10.8 Å². The maximum Gasteiger partial charge on any atom is 0.511 e. The van der Waals surface area contributed by atoms with E-state index in [1.807, 2.05) is 48.5 Å². The highest BCUT2D eigenvalue weighted by molar-refractivity contribution is 6.32. The lowest BCUT2D eigenvalue weighted by atomic mass is 9.95. The van der Waals surface area contributed by atoms with Gasteiger partial charge in [-0.15, -0.1) is 10.2 Å². The van der Waals surface area contributed by atoms with Crippen molar-refractivity contribution < 1.29 is 23.8 Å². The molecule has 4 aromatic rings. The van der Waals surface area contributed by atoms with Gasteiger partial charge >= 0.3 is 12.1 Å². The zero-order valence-electron chi connectivity index (χ0n) is 23.7. The van der Waals surface area contributed by atoms with E-state index in [-0.39, 0.29) is 17.4 Å². The molecule has 2 aromatic carbocycles. The number of nitrogens with one attached hydrogen (secondary N) is 1. The molecule has 0 saturated heterocycles. The molecule has 0 aliphatic heterocycles. The number of esters is 1. The third-order valence-corrected chi connectivity index (χ3v) is 6.29. The number of rotatable bonds is 10. The standard InChI is InChI=1S/C29H33ClN6O5/c1-6-7-16-23-31-25(30)24(27(37)39-18(2)40-28(38)41-29(3,4)5)36(23)17-19-12-8-9-13-20(19)21-14-10-11-15-22(21)26-32-34-35-33-26/h8-15,18H,6-7,16-17H2,1-5H3,(H,32,33,34,35). The number of hydrogen-bond acceptors (Lipinski definition) is 9. The summed E-state index contributed by atoms with van der Waals surface area (Å²) in [6, 6.07) is 15.6. The van der Waals surface area contributed by atoms with Gasteiger partial charge in [0, 0.05) is 18.9 Å². The van der Waals surface area contributed by atoms with E-state index in [0.717, 1.165) is 35.1 Å². The highest BCUT2D eigenvalue weighted by atomic mass is 35.5. The minimum atomic E-state index is -1.22. The van der Waals surface area contributed by atoms with Crippen LogP contribution in [0.4, 0.5) is 4.79 Å². The number of H-pyrrole nitrogens is 1. The van der Waals surface area contributed by atoms with Crippen LogP contribution in [0.1, 0.15) is 69.3 Å². The predicted molar refractivity (Wildman–Crippen MR) is 152 cm³/mol. The van der Waals surface area contributed by atoms with Crippen molar-refractivity contribution in [2.24, 2.45) is 0 Å². The van der Waals surface area contributed by atoms with Crippen LogP contribution in [0.5, 0.6) is 0 Å². The second-order valence-corrected chi connectivity index (χ2v) is 10.7. The van der Waals surface area contributed by atoms with Crippen molar-refractivity contribution in [2.75, 3.05) is 0 Å². The fourth-order valence-electron chi connectivity index (χ4n) is 4.28. The normalized spacial score (nSPS) is 12.1. The van der Waals surface area contributed by atoms with Crippen LogP contribution in [0.15, 0.2) is 48.5 Å². The first-order chi connectivity index (χ1) is 19.6. The number of aromatic nitrogens is 6. The fourth-order valence-corrected chi connectivity index (χ4v) is 4.55. The minimum absolute atomic E-state index is 0.00949. The Morgan fingerprint density at radius 2 is 1.71 bits per heavy atom. The molecule has 0 fully saturated rings. The number of ether oxygens (including phenoxy) is 3. The second-order valence-electron chi connectivity index (χ2n) is 10.4. The number of carbonyl (C=O) groups is 2. The van der Waals surface area contributed by atoms with E-state index in [2.05, 4.69) is 32.5 Å². The number of nitrogens with zero attached hydrogens (tertiary/aromatic N) is 5. The van der Waals surface area contributed by atoms with Gasteiger partial charge in [0.25, 0.3) is 0 Å². The van der Waals surface area contributed by atoms with Crippen LogP contribution in [-0.4, -0.2) is 54.2 Å². The molecule has 0 bridgehead atoms. The first-order valence-electron chi connectivity index (χ1n) is 13.3. The van der Waals surface area contributed by atoms with Crippen molar-refractivity contribution in [1.29, 1.82) is 0 Å². The quantitative estimate of drug-likeness (QED) is 0.171. The molecule has 1 N–H and O–H groups in total. The molecule has 11 nitrogen and oxygen atoms in total. The van der Waals surface area contributed by atoms with Crippen LogP contribution in [0.25, 0.3) is 22.5 Å². The molecule has 41 heavy (non-hydrogen) atoms. The van der Waals surface area contributed by atoms with Gasteiger partial charge in [-0.1, -0.05) is 73.5 Å². The van der Waals surface area contributed by atoms with Crippen LogP contribution in [0, 0.1) is 0 Å². The first kappa shape index (κ1) is 29.7. The minimum Gasteiger partial charge on any atom is -0.428 e. The van der Waals surface area contributed by atoms with Crippen LogP contribution < -0.4 is 0 Å². The van der Waals surface area contributed by atoms with Gasteiger partial charge in [0.1, 0.15) is 11.4 Å². The van der Waals surface area contributed by atoms with Gasteiger partial charge in [0.05, 0.1) is 6.54 Å². The zero-order chi connectivity index (χ0) is 29.6. The first-order valence-corrected chi connectivity index (χ1v) is 13.7. The maximum absolute atomic E-state index is 13.4. The monoisotopic (exact) mass is 580 g/mol. The van der Waals surface area contributed by atoms with Crippen molar-refractivity contribution in [1.82, 2.24) is 30.2 Å². The van der Waals surface area contributed by atoms with Gasteiger partial charge in [-0.2, -0.15) is 5.21 Å². The summed E-state index contributed by atoms with van der Waals surface area (Å²) in [5.41, 5.74) is 2.83. The highest BCUT2D eigenvalue weighted by Gasteiger charge is 2.28. The lowest BCUT2D eigenvalue weighted by Gasteiger charge is -2.21. The van der Waals surface area contributed by atoms with E-state index < -0.39 is 24.0 Å². The number of imidazole rings is 1. The molecule has 0 amide bonds. The Balaban J connectivity index is 1.68. The summed E-state index contributed by atoms with van der Waals surface area (Å²) in [5.74, 6) is 0.338. The average molecular weight is 581 g/mol. The van der Waals surface area contributed by atoms with E-state index in [4.69, 9.17) is 25.8 Å². The number of benzene rings is 2. The van der Waals surface area contributed by atoms with Crippen molar-refractivity contribution in [2.45, 2.75) is 72.3 Å². The van der Waals surface area contributed by atoms with Crippen molar-refractivity contribution >= 4 is 23.7 Å². The van der Waals surface area contributed by atoms with Crippen molar-refractivity contribution in [3.05, 3.63) is 70.8 Å². The summed E-state index contributed by atoms with van der Waals surface area (Å²) in [6.07, 6.45) is 0.220. The molecule has 2 heterocycles. The molecule has 1 unspecified atom stereocenters. The number of hydrogen-bond donors (Lipinski definition) is 1. The molecule has 216 valence electrons. The predicted octanol–water partition coefficient (Wildman–Crippen LogP) is 6.23. The van der Waals surface area contributed by atoms with Gasteiger partial charge in [-0.25, -0.2) is 14.6 Å². The van der Waals surface area contributed by atoms with Crippen LogP contribution in [0.3, 0.4) is 0 Å². The molecule has 0 saturated carbocycles. The Hall–Kier alpha value is -4.25. The topological polar surface area (TPSA) is 134 Å². The van der Waals surface area contributed by atoms with Gasteiger partial charge in [-0.3, -0.25) is 0 Å². The molecule has 1 atom stereocenters.